The second kappa shape index (κ2) is 5.96. The molecule has 0 saturated carbocycles. The van der Waals surface area contributed by atoms with Gasteiger partial charge in [-0.1, -0.05) is 41.5 Å². The quantitative estimate of drug-likeness (QED) is 0.845. The second-order valence-electron chi connectivity index (χ2n) is 6.14. The smallest absolute Gasteiger partial charge is 0.110 e. The molecule has 0 saturated heterocycles. The Labute approximate surface area is 110 Å². The monoisotopic (exact) mass is 254 g/mol. The van der Waals surface area contributed by atoms with Crippen molar-refractivity contribution in [3.05, 3.63) is 16.1 Å². The summed E-state index contributed by atoms with van der Waals surface area (Å²) in [5.74, 6) is 0.525. The Bertz CT molecular complexity index is 336. The molecule has 3 heteroatoms. The van der Waals surface area contributed by atoms with Crippen LogP contribution in [0.25, 0.3) is 0 Å². The van der Waals surface area contributed by atoms with Crippen molar-refractivity contribution in [2.24, 2.45) is 5.41 Å². The van der Waals surface area contributed by atoms with Crippen molar-refractivity contribution >= 4 is 11.3 Å². The highest BCUT2D eigenvalue weighted by Crippen LogP contribution is 2.31. The molecular formula is C14H26N2S. The zero-order chi connectivity index (χ0) is 13.1. The Balaban J connectivity index is 2.81. The van der Waals surface area contributed by atoms with Gasteiger partial charge < -0.3 is 5.32 Å². The molecule has 1 rings (SSSR count). The van der Waals surface area contributed by atoms with Crippen LogP contribution in [0.2, 0.25) is 0 Å². The third-order valence-corrected chi connectivity index (χ3v) is 3.67. The average molecular weight is 254 g/mol. The molecule has 2 nitrogen and oxygen atoms in total. The maximum absolute atomic E-state index is 4.77. The van der Waals surface area contributed by atoms with Crippen molar-refractivity contribution in [3.8, 4) is 0 Å². The first kappa shape index (κ1) is 14.7. The lowest BCUT2D eigenvalue weighted by atomic mass is 9.88. The summed E-state index contributed by atoms with van der Waals surface area (Å²) in [5.41, 5.74) is 1.55. The van der Waals surface area contributed by atoms with E-state index in [4.69, 9.17) is 4.98 Å². The van der Waals surface area contributed by atoms with E-state index in [0.717, 1.165) is 13.0 Å². The standard InChI is InChI=1S/C14H26N2S/c1-7-15-11(8-14(4,5)6)13-16-12(9-17-13)10(2)3/h9-11,15H,7-8H2,1-6H3. The Morgan fingerprint density at radius 1 is 1.35 bits per heavy atom. The topological polar surface area (TPSA) is 24.9 Å². The van der Waals surface area contributed by atoms with Crippen LogP contribution in [0.3, 0.4) is 0 Å². The number of aromatic nitrogens is 1. The van der Waals surface area contributed by atoms with Crippen LogP contribution in [-0.4, -0.2) is 11.5 Å². The molecule has 17 heavy (non-hydrogen) atoms. The number of thiazole rings is 1. The minimum atomic E-state index is 0.330. The predicted octanol–water partition coefficient (Wildman–Crippen LogP) is 4.35. The fraction of sp³-hybridized carbons (Fsp3) is 0.786. The van der Waals surface area contributed by atoms with Crippen molar-refractivity contribution in [2.75, 3.05) is 6.54 Å². The lowest BCUT2D eigenvalue weighted by Crippen LogP contribution is -2.25. The van der Waals surface area contributed by atoms with Crippen molar-refractivity contribution in [2.45, 2.75) is 59.9 Å². The van der Waals surface area contributed by atoms with Gasteiger partial charge in [0.2, 0.25) is 0 Å². The second-order valence-corrected chi connectivity index (χ2v) is 7.03. The first-order valence-corrected chi connectivity index (χ1v) is 7.40. The van der Waals surface area contributed by atoms with Crippen molar-refractivity contribution in [1.29, 1.82) is 0 Å². The van der Waals surface area contributed by atoms with E-state index < -0.39 is 0 Å². The Morgan fingerprint density at radius 2 is 2.00 bits per heavy atom. The van der Waals surface area contributed by atoms with E-state index in [9.17, 15) is 0 Å². The first-order valence-electron chi connectivity index (χ1n) is 6.52. The van der Waals surface area contributed by atoms with Crippen molar-refractivity contribution in [1.82, 2.24) is 10.3 Å². The fourth-order valence-electron chi connectivity index (χ4n) is 1.83. The molecule has 1 atom stereocenters. The van der Waals surface area contributed by atoms with Gasteiger partial charge in [0.25, 0.3) is 0 Å². The number of hydrogen-bond acceptors (Lipinski definition) is 3. The van der Waals surface area contributed by atoms with Gasteiger partial charge in [0, 0.05) is 5.38 Å². The van der Waals surface area contributed by atoms with Crippen LogP contribution in [0.15, 0.2) is 5.38 Å². The summed E-state index contributed by atoms with van der Waals surface area (Å²) in [6.45, 7) is 14.4. The predicted molar refractivity (Wildman–Crippen MR) is 76.7 cm³/mol. The molecule has 0 spiro atoms. The van der Waals surface area contributed by atoms with Gasteiger partial charge in [0.05, 0.1) is 11.7 Å². The van der Waals surface area contributed by atoms with Gasteiger partial charge >= 0.3 is 0 Å². The third kappa shape index (κ3) is 4.76. The van der Waals surface area contributed by atoms with E-state index in [1.54, 1.807) is 11.3 Å². The lowest BCUT2D eigenvalue weighted by Gasteiger charge is -2.25. The number of nitrogens with one attached hydrogen (secondary N) is 1. The maximum Gasteiger partial charge on any atom is 0.110 e. The summed E-state index contributed by atoms with van der Waals surface area (Å²) >= 11 is 1.79. The van der Waals surface area contributed by atoms with E-state index in [0.29, 0.717) is 17.4 Å². The van der Waals surface area contributed by atoms with Gasteiger partial charge in [-0.05, 0) is 24.3 Å². The molecule has 0 amide bonds. The van der Waals surface area contributed by atoms with E-state index >= 15 is 0 Å². The molecule has 0 fully saturated rings. The molecule has 0 aliphatic carbocycles. The van der Waals surface area contributed by atoms with E-state index in [2.05, 4.69) is 52.2 Å². The van der Waals surface area contributed by atoms with E-state index in [1.807, 2.05) is 0 Å². The molecule has 0 radical (unpaired) electrons. The number of hydrogen-bond donors (Lipinski definition) is 1. The molecule has 0 aliphatic heterocycles. The Kier molecular flexibility index (Phi) is 5.14. The highest BCUT2D eigenvalue weighted by molar-refractivity contribution is 7.09. The summed E-state index contributed by atoms with van der Waals surface area (Å²) in [6.07, 6.45) is 1.13. The van der Waals surface area contributed by atoms with Crippen LogP contribution in [0.5, 0.6) is 0 Å². The highest BCUT2D eigenvalue weighted by Gasteiger charge is 2.22. The fourth-order valence-corrected chi connectivity index (χ4v) is 2.89. The third-order valence-electron chi connectivity index (χ3n) is 2.70. The molecule has 98 valence electrons. The van der Waals surface area contributed by atoms with Crippen LogP contribution in [0, 0.1) is 5.41 Å². The molecule has 0 bridgehead atoms. The Hall–Kier alpha value is -0.410. The largest absolute Gasteiger partial charge is 0.308 e. The molecule has 1 aromatic heterocycles. The van der Waals surface area contributed by atoms with Gasteiger partial charge in [-0.25, -0.2) is 4.98 Å². The van der Waals surface area contributed by atoms with Crippen LogP contribution in [-0.2, 0) is 0 Å². The van der Waals surface area contributed by atoms with Crippen LogP contribution in [0.1, 0.15) is 70.6 Å². The number of rotatable bonds is 5. The summed E-state index contributed by atoms with van der Waals surface area (Å²) in [4.78, 5) is 4.77. The maximum atomic E-state index is 4.77. The minimum absolute atomic E-state index is 0.330. The van der Waals surface area contributed by atoms with E-state index in [1.165, 1.54) is 10.7 Å². The highest BCUT2D eigenvalue weighted by atomic mass is 32.1. The average Bonchev–Trinajstić information content (AvgIpc) is 2.63. The normalized spacial score (nSPS) is 14.3. The lowest BCUT2D eigenvalue weighted by molar-refractivity contribution is 0.313. The van der Waals surface area contributed by atoms with Gasteiger partial charge in [0.15, 0.2) is 0 Å². The minimum Gasteiger partial charge on any atom is -0.308 e. The Morgan fingerprint density at radius 3 is 2.41 bits per heavy atom. The summed E-state index contributed by atoms with van der Waals surface area (Å²) in [7, 11) is 0. The molecule has 0 aromatic carbocycles. The van der Waals surface area contributed by atoms with Crippen molar-refractivity contribution in [3.63, 3.8) is 0 Å². The van der Waals surface area contributed by atoms with Gasteiger partial charge in [-0.2, -0.15) is 0 Å². The zero-order valence-corrected chi connectivity index (χ0v) is 12.8. The first-order chi connectivity index (χ1) is 7.83. The number of nitrogens with zero attached hydrogens (tertiary/aromatic N) is 1. The summed E-state index contributed by atoms with van der Waals surface area (Å²) in [6, 6.07) is 0.400. The SMILES string of the molecule is CCNC(CC(C)(C)C)c1nc(C(C)C)cs1. The van der Waals surface area contributed by atoms with Crippen molar-refractivity contribution < 1.29 is 0 Å². The summed E-state index contributed by atoms with van der Waals surface area (Å²) in [5, 5.41) is 7.00. The summed E-state index contributed by atoms with van der Waals surface area (Å²) < 4.78 is 0. The zero-order valence-electron chi connectivity index (χ0n) is 12.0. The van der Waals surface area contributed by atoms with Crippen LogP contribution >= 0.6 is 11.3 Å². The van der Waals surface area contributed by atoms with Crippen LogP contribution < -0.4 is 5.32 Å². The van der Waals surface area contributed by atoms with Crippen LogP contribution in [0.4, 0.5) is 0 Å². The molecular weight excluding hydrogens is 228 g/mol. The molecule has 0 aliphatic rings. The van der Waals surface area contributed by atoms with Gasteiger partial charge in [-0.15, -0.1) is 11.3 Å². The molecule has 1 heterocycles. The molecule has 1 N–H and O–H groups in total. The van der Waals surface area contributed by atoms with Gasteiger partial charge in [0.1, 0.15) is 5.01 Å². The molecule has 1 unspecified atom stereocenters. The van der Waals surface area contributed by atoms with Gasteiger partial charge in [-0.3, -0.25) is 0 Å². The van der Waals surface area contributed by atoms with E-state index in [-0.39, 0.29) is 0 Å². The molecule has 1 aromatic rings.